The predicted molar refractivity (Wildman–Crippen MR) is 91.5 cm³/mol. The van der Waals surface area contributed by atoms with Crippen LogP contribution >= 0.6 is 11.8 Å². The second-order valence-corrected chi connectivity index (χ2v) is 7.87. The van der Waals surface area contributed by atoms with E-state index in [2.05, 4.69) is 60.5 Å². The fourth-order valence-electron chi connectivity index (χ4n) is 2.46. The van der Waals surface area contributed by atoms with Crippen molar-refractivity contribution in [2.75, 3.05) is 25.4 Å². The third-order valence-corrected chi connectivity index (χ3v) is 5.17. The van der Waals surface area contributed by atoms with Crippen LogP contribution in [0.4, 0.5) is 0 Å². The summed E-state index contributed by atoms with van der Waals surface area (Å²) in [4.78, 5) is 2.54. The Morgan fingerprint density at radius 2 is 2.10 bits per heavy atom. The predicted octanol–water partition coefficient (Wildman–Crippen LogP) is 3.14. The molecule has 1 aliphatic rings. The molecule has 0 atom stereocenters. The van der Waals surface area contributed by atoms with Crippen molar-refractivity contribution >= 4 is 11.8 Å². The zero-order valence-electron chi connectivity index (χ0n) is 13.1. The van der Waals surface area contributed by atoms with E-state index >= 15 is 0 Å². The van der Waals surface area contributed by atoms with Crippen molar-refractivity contribution in [3.05, 3.63) is 35.4 Å². The van der Waals surface area contributed by atoms with E-state index in [0.717, 1.165) is 25.2 Å². The van der Waals surface area contributed by atoms with E-state index in [0.29, 0.717) is 11.2 Å². The topological polar surface area (TPSA) is 23.5 Å². The van der Waals surface area contributed by atoms with Crippen LogP contribution in [0.15, 0.2) is 24.3 Å². The van der Waals surface area contributed by atoms with E-state index in [4.69, 9.17) is 5.11 Å². The lowest BCUT2D eigenvalue weighted by Crippen LogP contribution is -2.27. The summed E-state index contributed by atoms with van der Waals surface area (Å²) in [5.41, 5.74) is 2.40. The number of hydrogen-bond donors (Lipinski definition) is 1. The largest absolute Gasteiger partial charge is 0.395 e. The van der Waals surface area contributed by atoms with Gasteiger partial charge in [0.1, 0.15) is 0 Å². The summed E-state index contributed by atoms with van der Waals surface area (Å²) in [6.07, 6.45) is 1.78. The average Bonchev–Trinajstić information content (AvgIpc) is 2.62. The first kappa shape index (κ1) is 16.4. The Morgan fingerprint density at radius 1 is 1.29 bits per heavy atom. The molecule has 1 N–H and O–H groups in total. The van der Waals surface area contributed by atoms with E-state index < -0.39 is 0 Å². The van der Waals surface area contributed by atoms with Crippen molar-refractivity contribution in [3.8, 4) is 11.8 Å². The van der Waals surface area contributed by atoms with Gasteiger partial charge in [-0.1, -0.05) is 43.9 Å². The highest BCUT2D eigenvalue weighted by Crippen LogP contribution is 2.31. The Morgan fingerprint density at radius 3 is 2.90 bits per heavy atom. The molecule has 0 unspecified atom stereocenters. The normalized spacial score (nSPS) is 18.6. The fraction of sp³-hybridized carbons (Fsp3) is 0.556. The molecule has 1 fully saturated rings. The van der Waals surface area contributed by atoms with Crippen LogP contribution in [0.2, 0.25) is 0 Å². The van der Waals surface area contributed by atoms with Crippen molar-refractivity contribution < 1.29 is 5.11 Å². The highest BCUT2D eigenvalue weighted by atomic mass is 32.2. The first-order valence-corrected chi connectivity index (χ1v) is 8.63. The smallest absolute Gasteiger partial charge is 0.0540 e. The summed E-state index contributed by atoms with van der Waals surface area (Å²) in [5, 5.41) is 8.84. The molecule has 1 saturated heterocycles. The highest BCUT2D eigenvalue weighted by Gasteiger charge is 2.23. The molecule has 0 aromatic heterocycles. The van der Waals surface area contributed by atoms with E-state index in [1.165, 1.54) is 17.7 Å². The van der Waals surface area contributed by atoms with Crippen LogP contribution in [-0.4, -0.2) is 40.2 Å². The van der Waals surface area contributed by atoms with Crippen molar-refractivity contribution in [1.29, 1.82) is 0 Å². The first-order valence-electron chi connectivity index (χ1n) is 7.65. The molecule has 0 amide bonds. The lowest BCUT2D eigenvalue weighted by Gasteiger charge is -2.23. The van der Waals surface area contributed by atoms with Gasteiger partial charge in [0, 0.05) is 35.6 Å². The summed E-state index contributed by atoms with van der Waals surface area (Å²) >= 11 is 2.08. The summed E-state index contributed by atoms with van der Waals surface area (Å²) < 4.78 is 0.398. The monoisotopic (exact) mass is 303 g/mol. The number of aliphatic hydroxyl groups excluding tert-OH is 1. The number of aliphatic hydroxyl groups is 1. The molecule has 1 aliphatic heterocycles. The van der Waals surface area contributed by atoms with Gasteiger partial charge in [-0.05, 0) is 24.6 Å². The maximum atomic E-state index is 8.84. The molecule has 114 valence electrons. The summed E-state index contributed by atoms with van der Waals surface area (Å²) in [7, 11) is 0. The van der Waals surface area contributed by atoms with Crippen molar-refractivity contribution in [2.24, 2.45) is 0 Å². The van der Waals surface area contributed by atoms with Gasteiger partial charge >= 0.3 is 0 Å². The lowest BCUT2D eigenvalue weighted by molar-refractivity contribution is 0.276. The Balaban J connectivity index is 2.04. The van der Waals surface area contributed by atoms with Crippen LogP contribution in [0.25, 0.3) is 0 Å². The van der Waals surface area contributed by atoms with E-state index in [1.807, 2.05) is 6.07 Å². The maximum absolute atomic E-state index is 8.84. The van der Waals surface area contributed by atoms with E-state index in [9.17, 15) is 0 Å². The Kier molecular flexibility index (Phi) is 6.17. The van der Waals surface area contributed by atoms with Gasteiger partial charge in [-0.3, -0.25) is 4.90 Å². The molecule has 0 bridgehead atoms. The van der Waals surface area contributed by atoms with Gasteiger partial charge in [-0.25, -0.2) is 0 Å². The van der Waals surface area contributed by atoms with Gasteiger partial charge in [0.05, 0.1) is 6.61 Å². The molecule has 0 spiro atoms. The zero-order valence-corrected chi connectivity index (χ0v) is 13.9. The maximum Gasteiger partial charge on any atom is 0.0540 e. The minimum absolute atomic E-state index is 0.133. The van der Waals surface area contributed by atoms with Gasteiger partial charge in [-0.2, -0.15) is 11.8 Å². The van der Waals surface area contributed by atoms with Gasteiger partial charge < -0.3 is 5.11 Å². The number of nitrogens with zero attached hydrogens (tertiary/aromatic N) is 1. The zero-order chi connectivity index (χ0) is 15.1. The van der Waals surface area contributed by atoms with Crippen LogP contribution < -0.4 is 0 Å². The number of benzene rings is 1. The van der Waals surface area contributed by atoms with Crippen molar-refractivity contribution in [1.82, 2.24) is 4.90 Å². The molecule has 1 heterocycles. The highest BCUT2D eigenvalue weighted by molar-refractivity contribution is 8.00. The van der Waals surface area contributed by atoms with E-state index in [1.54, 1.807) is 0 Å². The third kappa shape index (κ3) is 5.39. The molecule has 2 rings (SSSR count). The van der Waals surface area contributed by atoms with Crippen molar-refractivity contribution in [3.63, 3.8) is 0 Å². The van der Waals surface area contributed by atoms with Crippen LogP contribution in [-0.2, 0) is 6.54 Å². The summed E-state index contributed by atoms with van der Waals surface area (Å²) in [6, 6.07) is 8.37. The Hall–Kier alpha value is -0.950. The SMILES string of the molecule is CC1(C)CCN(Cc2ccccc2C#CCCO)CCS1. The minimum Gasteiger partial charge on any atom is -0.395 e. The molecule has 0 aliphatic carbocycles. The Bertz CT molecular complexity index is 515. The number of hydrogen-bond acceptors (Lipinski definition) is 3. The summed E-state index contributed by atoms with van der Waals surface area (Å²) in [6.45, 7) is 8.09. The molecular weight excluding hydrogens is 278 g/mol. The lowest BCUT2D eigenvalue weighted by atomic mass is 10.1. The van der Waals surface area contributed by atoms with Gasteiger partial charge in [0.15, 0.2) is 0 Å². The molecule has 0 radical (unpaired) electrons. The molecule has 21 heavy (non-hydrogen) atoms. The molecule has 2 nitrogen and oxygen atoms in total. The molecule has 1 aromatic carbocycles. The standard InChI is InChI=1S/C18H25NOS/c1-18(2)10-11-19(12-14-21-18)15-17-9-4-3-7-16(17)8-5-6-13-20/h3-4,7,9,20H,6,10-15H2,1-2H3. The first-order chi connectivity index (χ1) is 10.1. The number of rotatable bonds is 3. The van der Waals surface area contributed by atoms with Crippen LogP contribution in [0.5, 0.6) is 0 Å². The molecule has 1 aromatic rings. The van der Waals surface area contributed by atoms with Crippen LogP contribution in [0.3, 0.4) is 0 Å². The number of thioether (sulfide) groups is 1. The second-order valence-electron chi connectivity index (χ2n) is 6.07. The molecule has 3 heteroatoms. The second kappa shape index (κ2) is 7.89. The summed E-state index contributed by atoms with van der Waals surface area (Å²) in [5.74, 6) is 7.43. The van der Waals surface area contributed by atoms with Crippen molar-refractivity contribution in [2.45, 2.75) is 38.0 Å². The van der Waals surface area contributed by atoms with Crippen LogP contribution in [0, 0.1) is 11.8 Å². The quantitative estimate of drug-likeness (QED) is 0.868. The van der Waals surface area contributed by atoms with Crippen LogP contribution in [0.1, 0.15) is 37.8 Å². The molecular formula is C18H25NOS. The third-order valence-electron chi connectivity index (χ3n) is 3.80. The Labute approximate surface area is 132 Å². The molecule has 0 saturated carbocycles. The average molecular weight is 303 g/mol. The van der Waals surface area contributed by atoms with Gasteiger partial charge in [-0.15, -0.1) is 0 Å². The van der Waals surface area contributed by atoms with Gasteiger partial charge in [0.25, 0.3) is 0 Å². The minimum atomic E-state index is 0.133. The fourth-order valence-corrected chi connectivity index (χ4v) is 3.59. The van der Waals surface area contributed by atoms with E-state index in [-0.39, 0.29) is 6.61 Å². The van der Waals surface area contributed by atoms with Gasteiger partial charge in [0.2, 0.25) is 0 Å².